The van der Waals surface area contributed by atoms with Gasteiger partial charge in [-0.05, 0) is 103 Å². The highest BCUT2D eigenvalue weighted by atomic mass is 16.6. The summed E-state index contributed by atoms with van der Waals surface area (Å²) in [5, 5.41) is 0. The van der Waals surface area contributed by atoms with Crippen molar-refractivity contribution < 1.29 is 28.6 Å². The van der Waals surface area contributed by atoms with Crippen molar-refractivity contribution in [2.24, 2.45) is 0 Å². The summed E-state index contributed by atoms with van der Waals surface area (Å²) in [5.74, 6) is -0.900. The van der Waals surface area contributed by atoms with Crippen LogP contribution in [0.25, 0.3) is 0 Å². The zero-order valence-electron chi connectivity index (χ0n) is 51.4. The van der Waals surface area contributed by atoms with Gasteiger partial charge in [-0.25, -0.2) is 0 Å². The molecule has 0 aliphatic rings. The molecule has 0 amide bonds. The first kappa shape index (κ1) is 74.3. The summed E-state index contributed by atoms with van der Waals surface area (Å²) in [6, 6.07) is 0. The Kier molecular flexibility index (Phi) is 62.7. The maximum Gasteiger partial charge on any atom is 0.306 e. The van der Waals surface area contributed by atoms with E-state index in [1.54, 1.807) is 0 Å². The van der Waals surface area contributed by atoms with Gasteiger partial charge in [-0.3, -0.25) is 14.4 Å². The number of unbranched alkanes of at least 4 members (excludes halogenated alkanes) is 33. The number of rotatable bonds is 60. The third kappa shape index (κ3) is 63.2. The molecule has 0 spiro atoms. The molecule has 0 saturated carbocycles. The molecule has 0 N–H and O–H groups in total. The van der Waals surface area contributed by atoms with Crippen LogP contribution in [0.1, 0.15) is 323 Å². The molecule has 0 aromatic heterocycles. The van der Waals surface area contributed by atoms with Crippen LogP contribution < -0.4 is 0 Å². The number of carbonyl (C=O) groups excluding carboxylic acids is 3. The molecular weight excluding hydrogens is 961 g/mol. The maximum atomic E-state index is 12.9. The van der Waals surface area contributed by atoms with E-state index in [4.69, 9.17) is 14.2 Å². The first-order chi connectivity index (χ1) is 38.5. The molecule has 0 aromatic carbocycles. The molecule has 1 unspecified atom stereocenters. The fourth-order valence-electron chi connectivity index (χ4n) is 9.36. The van der Waals surface area contributed by atoms with Gasteiger partial charge in [0.25, 0.3) is 0 Å². The zero-order valence-corrected chi connectivity index (χ0v) is 51.4. The van der Waals surface area contributed by atoms with Crippen LogP contribution >= 0.6 is 0 Å². The molecule has 448 valence electrons. The van der Waals surface area contributed by atoms with Crippen molar-refractivity contribution in [3.63, 3.8) is 0 Å². The van der Waals surface area contributed by atoms with Crippen molar-refractivity contribution in [3.05, 3.63) is 97.2 Å². The van der Waals surface area contributed by atoms with Crippen LogP contribution in [0.15, 0.2) is 97.2 Å². The third-order valence-corrected chi connectivity index (χ3v) is 14.3. The van der Waals surface area contributed by atoms with Crippen LogP contribution in [0.5, 0.6) is 0 Å². The number of esters is 3. The molecule has 0 aliphatic carbocycles. The van der Waals surface area contributed by atoms with E-state index in [9.17, 15) is 14.4 Å². The molecule has 6 nitrogen and oxygen atoms in total. The standard InChI is InChI=1S/C72H124O6/c1-4-7-10-13-16-19-22-25-27-29-31-33-35-36-38-39-41-43-45-47-50-53-56-59-62-65-71(74)77-68-69(67-76-70(73)64-61-58-55-52-49-24-21-18-15-12-9-6-3)78-72(75)66-63-60-57-54-51-48-46-44-42-40-37-34-32-30-28-26-23-20-17-14-11-8-5-2/h8,11,17,20,22,25-26,28-29,31-32,34,40,42,46,48,69H,4-7,9-10,12-16,18-19,21,23-24,27,30,33,35-39,41,43-45,47,49-68H2,1-3H3/b11-8-,20-17-,25-22-,28-26-,31-29-,34-32-,42-40-,48-46-. The molecule has 0 bridgehead atoms. The van der Waals surface area contributed by atoms with Gasteiger partial charge in [-0.2, -0.15) is 0 Å². The van der Waals surface area contributed by atoms with Crippen molar-refractivity contribution in [3.8, 4) is 0 Å². The number of ether oxygens (including phenoxy) is 3. The van der Waals surface area contributed by atoms with Crippen LogP contribution in [0.2, 0.25) is 0 Å². The van der Waals surface area contributed by atoms with Crippen LogP contribution in [-0.4, -0.2) is 37.2 Å². The molecule has 6 heteroatoms. The normalized spacial score (nSPS) is 12.7. The highest BCUT2D eigenvalue weighted by Crippen LogP contribution is 2.16. The van der Waals surface area contributed by atoms with Gasteiger partial charge in [0.15, 0.2) is 6.10 Å². The number of hydrogen-bond acceptors (Lipinski definition) is 6. The molecule has 0 rings (SSSR count). The van der Waals surface area contributed by atoms with Gasteiger partial charge >= 0.3 is 17.9 Å². The highest BCUT2D eigenvalue weighted by Gasteiger charge is 2.19. The average molecular weight is 1090 g/mol. The molecule has 0 aliphatic heterocycles. The summed E-state index contributed by atoms with van der Waals surface area (Å²) in [6.45, 7) is 6.52. The minimum absolute atomic E-state index is 0.0856. The Hall–Kier alpha value is -3.67. The quantitative estimate of drug-likeness (QED) is 0.0261. The monoisotopic (exact) mass is 1080 g/mol. The van der Waals surface area contributed by atoms with Gasteiger partial charge in [-0.15, -0.1) is 0 Å². The Labute approximate surface area is 483 Å². The van der Waals surface area contributed by atoms with Crippen molar-refractivity contribution in [2.75, 3.05) is 13.2 Å². The summed E-state index contributed by atoms with van der Waals surface area (Å²) < 4.78 is 16.9. The summed E-state index contributed by atoms with van der Waals surface area (Å²) >= 11 is 0. The minimum Gasteiger partial charge on any atom is -0.462 e. The third-order valence-electron chi connectivity index (χ3n) is 14.3. The van der Waals surface area contributed by atoms with E-state index in [2.05, 4.69) is 118 Å². The van der Waals surface area contributed by atoms with Crippen molar-refractivity contribution in [1.29, 1.82) is 0 Å². The van der Waals surface area contributed by atoms with Crippen LogP contribution in [0.3, 0.4) is 0 Å². The lowest BCUT2D eigenvalue weighted by molar-refractivity contribution is -0.167. The lowest BCUT2D eigenvalue weighted by Gasteiger charge is -2.18. The Bertz CT molecular complexity index is 1530. The van der Waals surface area contributed by atoms with Crippen molar-refractivity contribution >= 4 is 17.9 Å². The Morgan fingerprint density at radius 2 is 0.500 bits per heavy atom. The Balaban J connectivity index is 4.34. The Morgan fingerprint density at radius 1 is 0.269 bits per heavy atom. The first-order valence-corrected chi connectivity index (χ1v) is 33.2. The summed E-state index contributed by atoms with van der Waals surface area (Å²) in [5.41, 5.74) is 0. The topological polar surface area (TPSA) is 78.9 Å². The van der Waals surface area contributed by atoms with Gasteiger partial charge in [-0.1, -0.05) is 298 Å². The van der Waals surface area contributed by atoms with Crippen molar-refractivity contribution in [2.45, 2.75) is 329 Å². The second-order valence-electron chi connectivity index (χ2n) is 22.0. The van der Waals surface area contributed by atoms with E-state index in [1.165, 1.54) is 167 Å². The van der Waals surface area contributed by atoms with Crippen LogP contribution in [0.4, 0.5) is 0 Å². The Morgan fingerprint density at radius 3 is 0.782 bits per heavy atom. The summed E-state index contributed by atoms with van der Waals surface area (Å²) in [7, 11) is 0. The highest BCUT2D eigenvalue weighted by molar-refractivity contribution is 5.71. The maximum absolute atomic E-state index is 12.9. The lowest BCUT2D eigenvalue weighted by atomic mass is 10.0. The average Bonchev–Trinajstić information content (AvgIpc) is 3.44. The van der Waals surface area contributed by atoms with E-state index < -0.39 is 6.10 Å². The predicted octanol–water partition coefficient (Wildman–Crippen LogP) is 22.8. The zero-order chi connectivity index (χ0) is 56.4. The number of carbonyl (C=O) groups is 3. The van der Waals surface area contributed by atoms with Gasteiger partial charge in [0.1, 0.15) is 13.2 Å². The van der Waals surface area contributed by atoms with Gasteiger partial charge < -0.3 is 14.2 Å². The van der Waals surface area contributed by atoms with E-state index in [-0.39, 0.29) is 31.1 Å². The van der Waals surface area contributed by atoms with Gasteiger partial charge in [0, 0.05) is 19.3 Å². The molecule has 78 heavy (non-hydrogen) atoms. The molecule has 0 heterocycles. The number of allylic oxidation sites excluding steroid dienone is 16. The smallest absolute Gasteiger partial charge is 0.306 e. The van der Waals surface area contributed by atoms with Gasteiger partial charge in [0.05, 0.1) is 0 Å². The van der Waals surface area contributed by atoms with E-state index in [0.29, 0.717) is 19.3 Å². The van der Waals surface area contributed by atoms with Crippen molar-refractivity contribution in [1.82, 2.24) is 0 Å². The fourth-order valence-corrected chi connectivity index (χ4v) is 9.36. The second-order valence-corrected chi connectivity index (χ2v) is 22.0. The molecular formula is C72H124O6. The SMILES string of the molecule is CC/C=C\C/C=C\C/C=C\C/C=C\C/C=C\C/C=C\CCCCCCC(=O)OC(COC(=O)CCCCCCCCCCCCCC)COC(=O)CCCCCCCCCCCCCCC/C=C\C/C=C\CCCCCCC. The van der Waals surface area contributed by atoms with E-state index in [0.717, 1.165) is 116 Å². The van der Waals surface area contributed by atoms with Gasteiger partial charge in [0.2, 0.25) is 0 Å². The van der Waals surface area contributed by atoms with Crippen LogP contribution in [0, 0.1) is 0 Å². The summed E-state index contributed by atoms with van der Waals surface area (Å²) in [4.78, 5) is 38.3. The summed E-state index contributed by atoms with van der Waals surface area (Å²) in [6.07, 6.45) is 88.5. The first-order valence-electron chi connectivity index (χ1n) is 33.2. The van der Waals surface area contributed by atoms with Crippen LogP contribution in [-0.2, 0) is 28.6 Å². The second kappa shape index (κ2) is 65.8. The number of hydrogen-bond donors (Lipinski definition) is 0. The largest absolute Gasteiger partial charge is 0.462 e. The molecule has 1 atom stereocenters. The lowest BCUT2D eigenvalue weighted by Crippen LogP contribution is -2.30. The molecule has 0 saturated heterocycles. The molecule has 0 aromatic rings. The minimum atomic E-state index is -0.792. The van der Waals surface area contributed by atoms with E-state index >= 15 is 0 Å². The predicted molar refractivity (Wildman–Crippen MR) is 339 cm³/mol. The van der Waals surface area contributed by atoms with E-state index in [1.807, 2.05) is 0 Å². The molecule has 0 radical (unpaired) electrons. The molecule has 0 fully saturated rings. The fraction of sp³-hybridized carbons (Fsp3) is 0.736.